The number of carbonyl (C=O) groups is 1. The summed E-state index contributed by atoms with van der Waals surface area (Å²) >= 11 is 0. The van der Waals surface area contributed by atoms with E-state index >= 15 is 0 Å². The summed E-state index contributed by atoms with van der Waals surface area (Å²) in [5.74, 6) is 0.507. The van der Waals surface area contributed by atoms with Gasteiger partial charge in [-0.15, -0.1) is 0 Å². The van der Waals surface area contributed by atoms with Crippen LogP contribution in [0.5, 0.6) is 0 Å². The third-order valence-electron chi connectivity index (χ3n) is 5.59. The minimum atomic E-state index is -3.54. The van der Waals surface area contributed by atoms with Gasteiger partial charge in [0.05, 0.1) is 16.4 Å². The molecule has 8 nitrogen and oxygen atoms in total. The van der Waals surface area contributed by atoms with Gasteiger partial charge in [-0.25, -0.2) is 8.42 Å². The zero-order valence-electron chi connectivity index (χ0n) is 15.4. The van der Waals surface area contributed by atoms with Gasteiger partial charge in [-0.3, -0.25) is 14.9 Å². The lowest BCUT2D eigenvalue weighted by molar-refractivity contribution is -0.384. The van der Waals surface area contributed by atoms with Crippen LogP contribution in [0.2, 0.25) is 0 Å². The third-order valence-corrected chi connectivity index (χ3v) is 6.70. The summed E-state index contributed by atoms with van der Waals surface area (Å²) in [4.78, 5) is 25.2. The second-order valence-electron chi connectivity index (χ2n) is 7.40. The number of hydrogen-bond donors (Lipinski definition) is 1. The van der Waals surface area contributed by atoms with Crippen molar-refractivity contribution in [3.05, 3.63) is 28.3 Å². The molecule has 0 unspecified atom stereocenters. The average Bonchev–Trinajstić information content (AvgIpc) is 2.64. The monoisotopic (exact) mass is 395 g/mol. The van der Waals surface area contributed by atoms with Gasteiger partial charge in [0.15, 0.2) is 9.84 Å². The van der Waals surface area contributed by atoms with Crippen LogP contribution in [0, 0.1) is 16.0 Å². The lowest BCUT2D eigenvalue weighted by Gasteiger charge is -2.44. The molecule has 1 heterocycles. The standard InChI is InChI=1S/C18H25N3O5S/c1-27(25,26)14-8-9-15(17(11-14)21(23)24)19-12-18(22)20-10-4-6-13-5-2-3-7-16(13)20/h8-9,11,13,16,19H,2-7,10,12H2,1H3/t13-,16-/m1/s1. The van der Waals surface area contributed by atoms with Crippen molar-refractivity contribution in [1.29, 1.82) is 0 Å². The van der Waals surface area contributed by atoms with Crippen molar-refractivity contribution >= 4 is 27.1 Å². The molecule has 2 aliphatic rings. The molecule has 0 spiro atoms. The fourth-order valence-electron chi connectivity index (χ4n) is 4.25. The van der Waals surface area contributed by atoms with Crippen molar-refractivity contribution < 1.29 is 18.1 Å². The summed E-state index contributed by atoms with van der Waals surface area (Å²) in [5, 5.41) is 14.1. The molecule has 2 atom stereocenters. The Labute approximate surface area is 159 Å². The molecule has 148 valence electrons. The average molecular weight is 395 g/mol. The van der Waals surface area contributed by atoms with Crippen LogP contribution in [-0.2, 0) is 14.6 Å². The molecule has 2 fully saturated rings. The number of nitro groups is 1. The van der Waals surface area contributed by atoms with E-state index in [1.165, 1.54) is 31.4 Å². The molecule has 1 amide bonds. The Morgan fingerprint density at radius 1 is 1.26 bits per heavy atom. The Bertz CT molecular complexity index is 837. The molecule has 9 heteroatoms. The summed E-state index contributed by atoms with van der Waals surface area (Å²) in [7, 11) is -3.54. The van der Waals surface area contributed by atoms with Crippen molar-refractivity contribution in [1.82, 2.24) is 4.90 Å². The first-order valence-electron chi connectivity index (χ1n) is 9.29. The summed E-state index contributed by atoms with van der Waals surface area (Å²) in [6, 6.07) is 3.97. The number of sulfone groups is 1. The molecule has 1 aromatic carbocycles. The minimum Gasteiger partial charge on any atom is -0.371 e. The highest BCUT2D eigenvalue weighted by Gasteiger charge is 2.35. The number of carbonyl (C=O) groups excluding carboxylic acids is 1. The first-order valence-corrected chi connectivity index (χ1v) is 11.2. The number of piperidine rings is 1. The SMILES string of the molecule is CS(=O)(=O)c1ccc(NCC(=O)N2CCC[C@H]3CCCC[C@H]32)c([N+](=O)[O-])c1. The molecule has 27 heavy (non-hydrogen) atoms. The number of hydrogen-bond acceptors (Lipinski definition) is 6. The van der Waals surface area contributed by atoms with Crippen molar-refractivity contribution in [2.45, 2.75) is 49.5 Å². The van der Waals surface area contributed by atoms with Gasteiger partial charge in [-0.1, -0.05) is 12.8 Å². The quantitative estimate of drug-likeness (QED) is 0.606. The van der Waals surface area contributed by atoms with Gasteiger partial charge in [0.2, 0.25) is 5.91 Å². The normalized spacial score (nSPS) is 22.8. The minimum absolute atomic E-state index is 0.0394. The van der Waals surface area contributed by atoms with Crippen molar-refractivity contribution in [3.8, 4) is 0 Å². The van der Waals surface area contributed by atoms with Gasteiger partial charge in [-0.2, -0.15) is 0 Å². The Morgan fingerprint density at radius 2 is 1.96 bits per heavy atom. The molecule has 3 rings (SSSR count). The highest BCUT2D eigenvalue weighted by atomic mass is 32.2. The predicted molar refractivity (Wildman–Crippen MR) is 101 cm³/mol. The zero-order chi connectivity index (χ0) is 19.6. The number of anilines is 1. The first-order chi connectivity index (χ1) is 12.8. The van der Waals surface area contributed by atoms with E-state index in [9.17, 15) is 23.3 Å². The molecule has 1 aliphatic carbocycles. The summed E-state index contributed by atoms with van der Waals surface area (Å²) in [5.41, 5.74) is -0.196. The second-order valence-corrected chi connectivity index (χ2v) is 9.42. The largest absolute Gasteiger partial charge is 0.371 e. The highest BCUT2D eigenvalue weighted by Crippen LogP contribution is 2.35. The van der Waals surface area contributed by atoms with Crippen LogP contribution in [0.1, 0.15) is 38.5 Å². The van der Waals surface area contributed by atoms with E-state index in [0.29, 0.717) is 5.92 Å². The summed E-state index contributed by atoms with van der Waals surface area (Å²) in [6.45, 7) is 0.694. The van der Waals surface area contributed by atoms with Crippen LogP contribution in [-0.4, -0.2) is 49.5 Å². The molecule has 0 radical (unpaired) electrons. The predicted octanol–water partition coefficient (Wildman–Crippen LogP) is 2.59. The smallest absolute Gasteiger partial charge is 0.293 e. The second kappa shape index (κ2) is 7.84. The van der Waals surface area contributed by atoms with Crippen LogP contribution in [0.15, 0.2) is 23.1 Å². The lowest BCUT2D eigenvalue weighted by atomic mass is 9.78. The van der Waals surface area contributed by atoms with E-state index in [-0.39, 0.29) is 34.8 Å². The number of benzene rings is 1. The molecule has 0 bridgehead atoms. The molecular weight excluding hydrogens is 370 g/mol. The van der Waals surface area contributed by atoms with E-state index in [0.717, 1.165) is 38.1 Å². The Morgan fingerprint density at radius 3 is 2.67 bits per heavy atom. The highest BCUT2D eigenvalue weighted by molar-refractivity contribution is 7.90. The number of nitrogens with zero attached hydrogens (tertiary/aromatic N) is 2. The zero-order valence-corrected chi connectivity index (χ0v) is 16.2. The molecular formula is C18H25N3O5S. The van der Waals surface area contributed by atoms with Crippen molar-refractivity contribution in [2.75, 3.05) is 24.7 Å². The molecule has 1 saturated carbocycles. The van der Waals surface area contributed by atoms with E-state index in [1.54, 1.807) is 0 Å². The number of nitrogens with one attached hydrogen (secondary N) is 1. The van der Waals surface area contributed by atoms with Crippen LogP contribution < -0.4 is 5.32 Å². The molecule has 1 aromatic rings. The fourth-order valence-corrected chi connectivity index (χ4v) is 4.89. The Hall–Kier alpha value is -2.16. The maximum absolute atomic E-state index is 12.7. The van der Waals surface area contributed by atoms with Gasteiger partial charge in [0.25, 0.3) is 5.69 Å². The number of likely N-dealkylation sites (tertiary alicyclic amines) is 1. The van der Waals surface area contributed by atoms with Gasteiger partial charge in [-0.05, 0) is 43.7 Å². The number of rotatable bonds is 5. The fraction of sp³-hybridized carbons (Fsp3) is 0.611. The van der Waals surface area contributed by atoms with E-state index < -0.39 is 14.8 Å². The Balaban J connectivity index is 1.72. The maximum Gasteiger partial charge on any atom is 0.293 e. The summed E-state index contributed by atoms with van der Waals surface area (Å²) in [6.07, 6.45) is 7.72. The van der Waals surface area contributed by atoms with Crippen LogP contribution in [0.25, 0.3) is 0 Å². The maximum atomic E-state index is 12.7. The molecule has 1 aliphatic heterocycles. The van der Waals surface area contributed by atoms with Crippen molar-refractivity contribution in [3.63, 3.8) is 0 Å². The van der Waals surface area contributed by atoms with Gasteiger partial charge < -0.3 is 10.2 Å². The van der Waals surface area contributed by atoms with Gasteiger partial charge in [0, 0.05) is 24.9 Å². The van der Waals surface area contributed by atoms with Crippen LogP contribution in [0.3, 0.4) is 0 Å². The van der Waals surface area contributed by atoms with Gasteiger partial charge in [0.1, 0.15) is 5.69 Å². The van der Waals surface area contributed by atoms with E-state index in [4.69, 9.17) is 0 Å². The molecule has 1 N–H and O–H groups in total. The summed E-state index contributed by atoms with van der Waals surface area (Å²) < 4.78 is 23.2. The molecule has 0 aromatic heterocycles. The van der Waals surface area contributed by atoms with Crippen LogP contribution >= 0.6 is 0 Å². The van der Waals surface area contributed by atoms with E-state index in [2.05, 4.69) is 5.32 Å². The number of nitro benzene ring substituents is 1. The first kappa shape index (κ1) is 19.6. The Kier molecular flexibility index (Phi) is 5.69. The number of fused-ring (bicyclic) bond motifs is 1. The topological polar surface area (TPSA) is 110 Å². The van der Waals surface area contributed by atoms with Crippen LogP contribution in [0.4, 0.5) is 11.4 Å². The lowest BCUT2D eigenvalue weighted by Crippen LogP contribution is -2.51. The van der Waals surface area contributed by atoms with Crippen molar-refractivity contribution in [2.24, 2.45) is 5.92 Å². The van der Waals surface area contributed by atoms with Gasteiger partial charge >= 0.3 is 0 Å². The number of amides is 1. The van der Waals surface area contributed by atoms with E-state index in [1.807, 2.05) is 4.90 Å². The third kappa shape index (κ3) is 4.40. The molecule has 1 saturated heterocycles.